The molecule has 0 aromatic heterocycles. The molecule has 0 aliphatic carbocycles. The topological polar surface area (TPSA) is 74.1 Å². The maximum atomic E-state index is 9.44. The summed E-state index contributed by atoms with van der Waals surface area (Å²) in [5, 5.41) is 0. The fourth-order valence-corrected chi connectivity index (χ4v) is 0. The smallest absolute Gasteiger partial charge is 2.00 e. The fraction of sp³-hybridized carbons (Fsp3) is 0.667. The SMILES string of the molecule is CC(C)=O.[O-2].[O-2].[Ti+4]. The van der Waals surface area contributed by atoms with Gasteiger partial charge in [0.1, 0.15) is 5.78 Å². The van der Waals surface area contributed by atoms with Crippen molar-refractivity contribution in [2.24, 2.45) is 0 Å². The van der Waals surface area contributed by atoms with Crippen LogP contribution in [0.5, 0.6) is 0 Å². The molecule has 0 aromatic carbocycles. The maximum absolute atomic E-state index is 9.44. The number of Topliss-reactive ketones (excluding diaryl/α,β-unsaturated/α-hetero) is 1. The summed E-state index contributed by atoms with van der Waals surface area (Å²) in [5.41, 5.74) is 0. The zero-order chi connectivity index (χ0) is 3.58. The summed E-state index contributed by atoms with van der Waals surface area (Å²) in [5.74, 6) is 0.167. The Kier molecular flexibility index (Phi) is 61.7. The number of carbonyl (C=O) groups excluding carboxylic acids is 1. The van der Waals surface area contributed by atoms with Crippen molar-refractivity contribution in [3.05, 3.63) is 0 Å². The quantitative estimate of drug-likeness (QED) is 0.445. The van der Waals surface area contributed by atoms with Crippen molar-refractivity contribution in [2.75, 3.05) is 0 Å². The third-order valence-electron chi connectivity index (χ3n) is 0. The first kappa shape index (κ1) is 26.6. The second-order valence-electron chi connectivity index (χ2n) is 0.908. The predicted molar refractivity (Wildman–Crippen MR) is 17.7 cm³/mol. The average molecular weight is 138 g/mol. The molecular weight excluding hydrogens is 132 g/mol. The molecule has 0 spiro atoms. The molecule has 4 heteroatoms. The number of hydrogen-bond acceptors (Lipinski definition) is 1. The van der Waals surface area contributed by atoms with Gasteiger partial charge in [-0.2, -0.15) is 0 Å². The zero-order valence-corrected chi connectivity index (χ0v) is 5.79. The van der Waals surface area contributed by atoms with Gasteiger partial charge in [-0.3, -0.25) is 0 Å². The molecule has 0 saturated heterocycles. The van der Waals surface area contributed by atoms with E-state index in [9.17, 15) is 4.79 Å². The van der Waals surface area contributed by atoms with Crippen molar-refractivity contribution in [1.29, 1.82) is 0 Å². The van der Waals surface area contributed by atoms with Gasteiger partial charge in [0, 0.05) is 0 Å². The van der Waals surface area contributed by atoms with Gasteiger partial charge in [-0.05, 0) is 13.8 Å². The van der Waals surface area contributed by atoms with Gasteiger partial charge >= 0.3 is 21.7 Å². The second kappa shape index (κ2) is 16.2. The first-order chi connectivity index (χ1) is 1.73. The molecule has 0 heterocycles. The largest absolute Gasteiger partial charge is 4.00 e. The van der Waals surface area contributed by atoms with Crippen molar-refractivity contribution in [3.63, 3.8) is 0 Å². The number of rotatable bonds is 0. The molecule has 40 valence electrons. The van der Waals surface area contributed by atoms with Crippen LogP contribution in [0, 0.1) is 0 Å². The summed E-state index contributed by atoms with van der Waals surface area (Å²) in [4.78, 5) is 9.44. The second-order valence-corrected chi connectivity index (χ2v) is 0.908. The Morgan fingerprint density at radius 2 is 1.14 bits per heavy atom. The van der Waals surface area contributed by atoms with E-state index in [1.54, 1.807) is 0 Å². The van der Waals surface area contributed by atoms with Crippen LogP contribution < -0.4 is 0 Å². The van der Waals surface area contributed by atoms with Gasteiger partial charge in [-0.25, -0.2) is 0 Å². The van der Waals surface area contributed by atoms with Gasteiger partial charge in [0.2, 0.25) is 0 Å². The Bertz CT molecular complexity index is 33.2. The van der Waals surface area contributed by atoms with E-state index in [0.29, 0.717) is 0 Å². The van der Waals surface area contributed by atoms with Crippen LogP contribution in [0.1, 0.15) is 13.8 Å². The summed E-state index contributed by atoms with van der Waals surface area (Å²) < 4.78 is 0. The third-order valence-corrected chi connectivity index (χ3v) is 0. The number of hydrogen-bond donors (Lipinski definition) is 0. The zero-order valence-electron chi connectivity index (χ0n) is 4.22. The van der Waals surface area contributed by atoms with Gasteiger partial charge in [0.15, 0.2) is 0 Å². The molecule has 3 nitrogen and oxygen atoms in total. The molecule has 0 unspecified atom stereocenters. The monoisotopic (exact) mass is 138 g/mol. The Morgan fingerprint density at radius 1 is 1.14 bits per heavy atom. The minimum Gasteiger partial charge on any atom is -2.00 e. The minimum absolute atomic E-state index is 0. The molecule has 0 aliphatic rings. The molecule has 0 bridgehead atoms. The summed E-state index contributed by atoms with van der Waals surface area (Å²) in [7, 11) is 0. The molecule has 0 radical (unpaired) electrons. The normalized spacial score (nSPS) is 3.71. The van der Waals surface area contributed by atoms with Crippen LogP contribution in [0.15, 0.2) is 0 Å². The molecule has 7 heavy (non-hydrogen) atoms. The Hall–Kier alpha value is 0.304. The van der Waals surface area contributed by atoms with E-state index < -0.39 is 0 Å². The van der Waals surface area contributed by atoms with E-state index >= 15 is 0 Å². The average Bonchev–Trinajstić information content (AvgIpc) is 0.811. The molecule has 0 saturated carbocycles. The van der Waals surface area contributed by atoms with Gasteiger partial charge in [-0.15, -0.1) is 0 Å². The first-order valence-corrected chi connectivity index (χ1v) is 1.20. The Labute approximate surface area is 57.6 Å². The third kappa shape index (κ3) is 1260. The molecule has 0 rings (SSSR count). The van der Waals surface area contributed by atoms with Crippen molar-refractivity contribution < 1.29 is 37.5 Å². The van der Waals surface area contributed by atoms with E-state index in [1.165, 1.54) is 13.8 Å². The van der Waals surface area contributed by atoms with Gasteiger partial charge in [0.05, 0.1) is 0 Å². The van der Waals surface area contributed by atoms with E-state index in [2.05, 4.69) is 0 Å². The van der Waals surface area contributed by atoms with Crippen molar-refractivity contribution in [3.8, 4) is 0 Å². The van der Waals surface area contributed by atoms with Crippen LogP contribution in [0.2, 0.25) is 0 Å². The molecule has 0 atom stereocenters. The Morgan fingerprint density at radius 3 is 1.14 bits per heavy atom. The van der Waals surface area contributed by atoms with Crippen LogP contribution in [-0.4, -0.2) is 5.78 Å². The predicted octanol–water partition coefficient (Wildman–Crippen LogP) is 0.355. The van der Waals surface area contributed by atoms with E-state index in [0.717, 1.165) is 0 Å². The minimum atomic E-state index is 0. The summed E-state index contributed by atoms with van der Waals surface area (Å²) >= 11 is 0. The summed E-state index contributed by atoms with van der Waals surface area (Å²) in [6, 6.07) is 0. The van der Waals surface area contributed by atoms with E-state index in [4.69, 9.17) is 0 Å². The molecular formula is C3H6O3Ti. The van der Waals surface area contributed by atoms with Crippen LogP contribution in [0.4, 0.5) is 0 Å². The maximum Gasteiger partial charge on any atom is 4.00 e. The van der Waals surface area contributed by atoms with Crippen LogP contribution in [0.3, 0.4) is 0 Å². The molecule has 0 aromatic rings. The standard InChI is InChI=1S/C3H6O.2O.Ti/c1-3(2)4;;;/h1-2H3;;;/q;2*-2;+4. The van der Waals surface area contributed by atoms with Crippen molar-refractivity contribution >= 4 is 5.78 Å². The van der Waals surface area contributed by atoms with Crippen LogP contribution >= 0.6 is 0 Å². The molecule has 0 fully saturated rings. The van der Waals surface area contributed by atoms with Crippen LogP contribution in [0.25, 0.3) is 0 Å². The van der Waals surface area contributed by atoms with Gasteiger partial charge in [-0.1, -0.05) is 0 Å². The van der Waals surface area contributed by atoms with Gasteiger partial charge in [0.25, 0.3) is 0 Å². The van der Waals surface area contributed by atoms with E-state index in [-0.39, 0.29) is 38.5 Å². The van der Waals surface area contributed by atoms with Crippen molar-refractivity contribution in [2.45, 2.75) is 13.8 Å². The molecule has 0 N–H and O–H groups in total. The van der Waals surface area contributed by atoms with Crippen LogP contribution in [-0.2, 0) is 37.5 Å². The molecule has 0 aliphatic heterocycles. The molecule has 0 amide bonds. The summed E-state index contributed by atoms with van der Waals surface area (Å²) in [6.07, 6.45) is 0. The van der Waals surface area contributed by atoms with Gasteiger partial charge < -0.3 is 15.7 Å². The number of ketones is 1. The fourth-order valence-electron chi connectivity index (χ4n) is 0. The Balaban J connectivity index is -0.0000000150. The van der Waals surface area contributed by atoms with Crippen molar-refractivity contribution in [1.82, 2.24) is 0 Å². The summed E-state index contributed by atoms with van der Waals surface area (Å²) in [6.45, 7) is 3.06. The first-order valence-electron chi connectivity index (χ1n) is 1.20. The van der Waals surface area contributed by atoms with E-state index in [1.807, 2.05) is 0 Å². The number of carbonyl (C=O) groups is 1.